The van der Waals surface area contributed by atoms with Gasteiger partial charge in [-0.3, -0.25) is 4.79 Å². The largest absolute Gasteiger partial charge is 0.573 e. The van der Waals surface area contributed by atoms with Crippen LogP contribution >= 0.6 is 0 Å². The van der Waals surface area contributed by atoms with E-state index in [1.165, 1.54) is 30.6 Å². The number of aromatic nitrogens is 2. The monoisotopic (exact) mass is 380 g/mol. The molecule has 6 nitrogen and oxygen atoms in total. The van der Waals surface area contributed by atoms with Crippen LogP contribution in [0, 0.1) is 5.92 Å². The summed E-state index contributed by atoms with van der Waals surface area (Å²) in [5.74, 6) is 0.474. The molecule has 1 aliphatic heterocycles. The van der Waals surface area contributed by atoms with Crippen molar-refractivity contribution in [2.75, 3.05) is 18.0 Å². The van der Waals surface area contributed by atoms with E-state index in [0.717, 1.165) is 31.7 Å². The smallest absolute Gasteiger partial charge is 0.406 e. The van der Waals surface area contributed by atoms with Crippen LogP contribution < -0.4 is 15.4 Å². The third-order valence-corrected chi connectivity index (χ3v) is 4.46. The Kier molecular flexibility index (Phi) is 5.48. The van der Waals surface area contributed by atoms with Gasteiger partial charge in [0.1, 0.15) is 17.9 Å². The molecule has 2 heterocycles. The lowest BCUT2D eigenvalue weighted by atomic mass is 9.93. The van der Waals surface area contributed by atoms with Crippen LogP contribution in [0.4, 0.5) is 19.0 Å². The highest BCUT2D eigenvalue weighted by molar-refractivity contribution is 5.74. The average Bonchev–Trinajstić information content (AvgIpc) is 2.61. The normalized spacial score (nSPS) is 15.6. The van der Waals surface area contributed by atoms with Crippen molar-refractivity contribution in [1.82, 2.24) is 9.97 Å². The molecule has 0 saturated carbocycles. The predicted molar refractivity (Wildman–Crippen MR) is 92.9 cm³/mol. The molecule has 3 rings (SSSR count). The van der Waals surface area contributed by atoms with Crippen molar-refractivity contribution < 1.29 is 22.7 Å². The van der Waals surface area contributed by atoms with Crippen LogP contribution in [0.25, 0.3) is 11.3 Å². The number of anilines is 1. The van der Waals surface area contributed by atoms with Crippen molar-refractivity contribution >= 4 is 11.7 Å². The maximum absolute atomic E-state index is 12.2. The summed E-state index contributed by atoms with van der Waals surface area (Å²) in [4.78, 5) is 21.6. The van der Waals surface area contributed by atoms with Crippen LogP contribution in [0.1, 0.15) is 19.3 Å². The van der Waals surface area contributed by atoms with Crippen molar-refractivity contribution in [1.29, 1.82) is 0 Å². The van der Waals surface area contributed by atoms with Gasteiger partial charge in [0, 0.05) is 31.1 Å². The summed E-state index contributed by atoms with van der Waals surface area (Å²) in [6.07, 6.45) is -1.18. The first kappa shape index (κ1) is 18.9. The highest BCUT2D eigenvalue weighted by Gasteiger charge is 2.31. The molecule has 1 saturated heterocycles. The SMILES string of the molecule is NC(=O)CC1CCN(c2cc(-c3ccc(OC(F)(F)F)cc3)ncn2)CC1. The van der Waals surface area contributed by atoms with Crippen LogP contribution in [-0.4, -0.2) is 35.3 Å². The number of rotatable bonds is 5. The third-order valence-electron chi connectivity index (χ3n) is 4.46. The number of benzene rings is 1. The first-order valence-electron chi connectivity index (χ1n) is 8.51. The Labute approximate surface area is 154 Å². The number of carbonyl (C=O) groups excluding carboxylic acids is 1. The molecule has 2 N–H and O–H groups in total. The molecule has 1 aliphatic rings. The molecular weight excluding hydrogens is 361 g/mol. The summed E-state index contributed by atoms with van der Waals surface area (Å²) in [6, 6.07) is 7.34. The lowest BCUT2D eigenvalue weighted by molar-refractivity contribution is -0.274. The van der Waals surface area contributed by atoms with Crippen LogP contribution in [0.15, 0.2) is 36.7 Å². The number of halogens is 3. The molecule has 0 aliphatic carbocycles. The topological polar surface area (TPSA) is 81.3 Å². The number of primary amides is 1. The minimum atomic E-state index is -4.72. The van der Waals surface area contributed by atoms with E-state index in [1.807, 2.05) is 0 Å². The number of carbonyl (C=O) groups is 1. The first-order chi connectivity index (χ1) is 12.8. The Morgan fingerprint density at radius 3 is 2.44 bits per heavy atom. The lowest BCUT2D eigenvalue weighted by Crippen LogP contribution is -2.35. The predicted octanol–water partition coefficient (Wildman–Crippen LogP) is 3.13. The molecular formula is C18H19F3N4O2. The van der Waals surface area contributed by atoms with Crippen molar-refractivity contribution in [3.8, 4) is 17.0 Å². The fraction of sp³-hybridized carbons (Fsp3) is 0.389. The molecule has 27 heavy (non-hydrogen) atoms. The van der Waals surface area contributed by atoms with E-state index in [1.54, 1.807) is 6.07 Å². The Balaban J connectivity index is 1.68. The highest BCUT2D eigenvalue weighted by Crippen LogP contribution is 2.28. The summed E-state index contributed by atoms with van der Waals surface area (Å²) in [5.41, 5.74) is 6.53. The van der Waals surface area contributed by atoms with E-state index < -0.39 is 6.36 Å². The molecule has 1 fully saturated rings. The number of amides is 1. The van der Waals surface area contributed by atoms with Gasteiger partial charge in [0.2, 0.25) is 5.91 Å². The van der Waals surface area contributed by atoms with E-state index in [2.05, 4.69) is 19.6 Å². The van der Waals surface area contributed by atoms with Gasteiger partial charge in [0.15, 0.2) is 0 Å². The van der Waals surface area contributed by atoms with Gasteiger partial charge in [0.25, 0.3) is 0 Å². The van der Waals surface area contributed by atoms with Gasteiger partial charge in [-0.05, 0) is 43.0 Å². The van der Waals surface area contributed by atoms with Crippen LogP contribution in [0.3, 0.4) is 0 Å². The van der Waals surface area contributed by atoms with Gasteiger partial charge in [-0.15, -0.1) is 13.2 Å². The minimum absolute atomic E-state index is 0.281. The Morgan fingerprint density at radius 1 is 1.19 bits per heavy atom. The first-order valence-corrected chi connectivity index (χ1v) is 8.51. The van der Waals surface area contributed by atoms with Gasteiger partial charge in [-0.1, -0.05) is 0 Å². The van der Waals surface area contributed by atoms with E-state index in [-0.39, 0.29) is 11.7 Å². The number of piperidine rings is 1. The van der Waals surface area contributed by atoms with Crippen LogP contribution in [-0.2, 0) is 4.79 Å². The molecule has 0 radical (unpaired) electrons. The standard InChI is InChI=1S/C18H19F3N4O2/c19-18(20,21)27-14-3-1-13(2-4-14)15-10-17(24-11-23-15)25-7-5-12(6-8-25)9-16(22)26/h1-4,10-12H,5-9H2,(H2,22,26). The molecule has 1 aromatic carbocycles. The second-order valence-electron chi connectivity index (χ2n) is 6.43. The number of nitrogens with zero attached hydrogens (tertiary/aromatic N) is 3. The molecule has 0 atom stereocenters. The zero-order valence-electron chi connectivity index (χ0n) is 14.4. The zero-order valence-corrected chi connectivity index (χ0v) is 14.4. The second-order valence-corrected chi connectivity index (χ2v) is 6.43. The van der Waals surface area contributed by atoms with Crippen molar-refractivity contribution in [2.24, 2.45) is 11.7 Å². The Bertz CT molecular complexity index is 788. The maximum Gasteiger partial charge on any atom is 0.573 e. The molecule has 1 aromatic heterocycles. The summed E-state index contributed by atoms with van der Waals surface area (Å²) in [5, 5.41) is 0. The van der Waals surface area contributed by atoms with Crippen molar-refractivity contribution in [2.45, 2.75) is 25.6 Å². The third kappa shape index (κ3) is 5.32. The molecule has 1 amide bonds. The quantitative estimate of drug-likeness (QED) is 0.862. The number of hydrogen-bond acceptors (Lipinski definition) is 5. The Hall–Kier alpha value is -2.84. The van der Waals surface area contributed by atoms with Crippen molar-refractivity contribution in [3.63, 3.8) is 0 Å². The number of alkyl halides is 3. The highest BCUT2D eigenvalue weighted by atomic mass is 19.4. The molecule has 2 aromatic rings. The summed E-state index contributed by atoms with van der Waals surface area (Å²) in [6.45, 7) is 1.51. The van der Waals surface area contributed by atoms with Gasteiger partial charge in [0.05, 0.1) is 5.69 Å². The summed E-state index contributed by atoms with van der Waals surface area (Å²) >= 11 is 0. The zero-order chi connectivity index (χ0) is 19.4. The molecule has 144 valence electrons. The van der Waals surface area contributed by atoms with E-state index in [9.17, 15) is 18.0 Å². The maximum atomic E-state index is 12.2. The van der Waals surface area contributed by atoms with Crippen LogP contribution in [0.2, 0.25) is 0 Å². The van der Waals surface area contributed by atoms with Gasteiger partial charge in [-0.25, -0.2) is 9.97 Å². The fourth-order valence-corrected chi connectivity index (χ4v) is 3.16. The summed E-state index contributed by atoms with van der Waals surface area (Å²) < 4.78 is 40.6. The molecule has 0 spiro atoms. The van der Waals surface area contributed by atoms with Gasteiger partial charge >= 0.3 is 6.36 Å². The number of nitrogens with two attached hydrogens (primary N) is 1. The second kappa shape index (κ2) is 7.81. The number of ether oxygens (including phenoxy) is 1. The minimum Gasteiger partial charge on any atom is -0.406 e. The molecule has 0 bridgehead atoms. The van der Waals surface area contributed by atoms with E-state index in [4.69, 9.17) is 5.73 Å². The molecule has 0 unspecified atom stereocenters. The van der Waals surface area contributed by atoms with E-state index >= 15 is 0 Å². The average molecular weight is 380 g/mol. The molecule has 9 heteroatoms. The van der Waals surface area contributed by atoms with Gasteiger partial charge < -0.3 is 15.4 Å². The van der Waals surface area contributed by atoms with Crippen LogP contribution in [0.5, 0.6) is 5.75 Å². The summed E-state index contributed by atoms with van der Waals surface area (Å²) in [7, 11) is 0. The number of hydrogen-bond donors (Lipinski definition) is 1. The van der Waals surface area contributed by atoms with Gasteiger partial charge in [-0.2, -0.15) is 0 Å². The van der Waals surface area contributed by atoms with E-state index in [0.29, 0.717) is 23.6 Å². The van der Waals surface area contributed by atoms with Crippen molar-refractivity contribution in [3.05, 3.63) is 36.7 Å². The Morgan fingerprint density at radius 2 is 1.85 bits per heavy atom. The lowest BCUT2D eigenvalue weighted by Gasteiger charge is -2.32. The fourth-order valence-electron chi connectivity index (χ4n) is 3.16.